The number of carboxylic acids is 1. The van der Waals surface area contributed by atoms with E-state index in [-0.39, 0.29) is 17.5 Å². The Labute approximate surface area is 116 Å². The highest BCUT2D eigenvalue weighted by atomic mass is 16.4. The number of rotatable bonds is 5. The zero-order valence-corrected chi connectivity index (χ0v) is 11.4. The molecule has 2 atom stereocenters. The second-order valence-corrected chi connectivity index (χ2v) is 5.19. The van der Waals surface area contributed by atoms with Crippen molar-refractivity contribution in [2.45, 2.75) is 32.4 Å². The molecule has 1 saturated heterocycles. The molecule has 20 heavy (non-hydrogen) atoms. The zero-order chi connectivity index (χ0) is 14.7. The molecule has 0 aromatic carbocycles. The Kier molecular flexibility index (Phi) is 4.33. The van der Waals surface area contributed by atoms with Crippen molar-refractivity contribution in [3.05, 3.63) is 11.9 Å². The average molecular weight is 281 g/mol. The van der Waals surface area contributed by atoms with Gasteiger partial charge in [-0.05, 0) is 19.8 Å². The number of primary amides is 1. The Balaban J connectivity index is 1.91. The Hall–Kier alpha value is -1.96. The van der Waals surface area contributed by atoms with E-state index in [0.29, 0.717) is 25.7 Å². The van der Waals surface area contributed by atoms with Crippen LogP contribution >= 0.6 is 0 Å². The van der Waals surface area contributed by atoms with Gasteiger partial charge in [0.15, 0.2) is 5.69 Å². The summed E-state index contributed by atoms with van der Waals surface area (Å²) in [5.74, 6) is -1.44. The maximum atomic E-state index is 11.3. The van der Waals surface area contributed by atoms with Crippen LogP contribution < -0.4 is 5.73 Å². The zero-order valence-electron chi connectivity index (χ0n) is 11.4. The van der Waals surface area contributed by atoms with E-state index in [0.717, 1.165) is 12.8 Å². The number of nitrogens with two attached hydrogens (primary N) is 1. The summed E-state index contributed by atoms with van der Waals surface area (Å²) < 4.78 is 1.50. The summed E-state index contributed by atoms with van der Waals surface area (Å²) in [6.45, 7) is 3.99. The molecule has 1 fully saturated rings. The van der Waals surface area contributed by atoms with Crippen molar-refractivity contribution < 1.29 is 14.7 Å². The number of carbonyl (C=O) groups is 2. The smallest absolute Gasteiger partial charge is 0.358 e. The van der Waals surface area contributed by atoms with Gasteiger partial charge in [0.1, 0.15) is 0 Å². The standard InChI is InChI=1S/C12H19N5O3/c1-8-2-3-9(11(13)18)6-16(8)4-5-17-7-10(12(19)20)14-15-17/h7-9H,2-6H2,1H3,(H2,13,18)(H,19,20). The fourth-order valence-electron chi connectivity index (χ4n) is 2.46. The summed E-state index contributed by atoms with van der Waals surface area (Å²) in [7, 11) is 0. The topological polar surface area (TPSA) is 114 Å². The van der Waals surface area contributed by atoms with Crippen LogP contribution in [-0.2, 0) is 11.3 Å². The number of piperidine rings is 1. The number of amides is 1. The van der Waals surface area contributed by atoms with E-state index >= 15 is 0 Å². The highest BCUT2D eigenvalue weighted by molar-refractivity contribution is 5.84. The third kappa shape index (κ3) is 3.32. The summed E-state index contributed by atoms with van der Waals surface area (Å²) >= 11 is 0. The Morgan fingerprint density at radius 1 is 1.45 bits per heavy atom. The predicted molar refractivity (Wildman–Crippen MR) is 69.9 cm³/mol. The lowest BCUT2D eigenvalue weighted by molar-refractivity contribution is -0.124. The SMILES string of the molecule is CC1CCC(C(N)=O)CN1CCn1cc(C(=O)O)nn1. The fourth-order valence-corrected chi connectivity index (χ4v) is 2.46. The summed E-state index contributed by atoms with van der Waals surface area (Å²) in [6.07, 6.45) is 3.17. The number of carbonyl (C=O) groups excluding carboxylic acids is 1. The molecule has 0 aliphatic carbocycles. The highest BCUT2D eigenvalue weighted by Crippen LogP contribution is 2.21. The number of aromatic nitrogens is 3. The monoisotopic (exact) mass is 281 g/mol. The van der Waals surface area contributed by atoms with Crippen molar-refractivity contribution in [1.29, 1.82) is 0 Å². The molecule has 8 heteroatoms. The molecule has 2 rings (SSSR count). The molecule has 1 aromatic rings. The first kappa shape index (κ1) is 14.4. The molecule has 1 aliphatic heterocycles. The Morgan fingerprint density at radius 2 is 2.20 bits per heavy atom. The minimum atomic E-state index is -1.09. The molecule has 3 N–H and O–H groups in total. The van der Waals surface area contributed by atoms with Crippen molar-refractivity contribution in [1.82, 2.24) is 19.9 Å². The first-order chi connectivity index (χ1) is 9.47. The van der Waals surface area contributed by atoms with E-state index in [1.807, 2.05) is 0 Å². The van der Waals surface area contributed by atoms with Gasteiger partial charge in [-0.1, -0.05) is 5.21 Å². The number of carboxylic acid groups (broad SMARTS) is 1. The van der Waals surface area contributed by atoms with Gasteiger partial charge in [-0.3, -0.25) is 14.4 Å². The van der Waals surface area contributed by atoms with Crippen molar-refractivity contribution in [3.63, 3.8) is 0 Å². The summed E-state index contributed by atoms with van der Waals surface area (Å²) in [4.78, 5) is 24.2. The van der Waals surface area contributed by atoms with Crippen LogP contribution in [0.5, 0.6) is 0 Å². The van der Waals surface area contributed by atoms with Gasteiger partial charge in [-0.25, -0.2) is 4.79 Å². The number of hydrogen-bond acceptors (Lipinski definition) is 5. The summed E-state index contributed by atoms with van der Waals surface area (Å²) in [5, 5.41) is 16.1. The molecule has 1 aromatic heterocycles. The molecular formula is C12H19N5O3. The number of hydrogen-bond donors (Lipinski definition) is 2. The van der Waals surface area contributed by atoms with Crippen molar-refractivity contribution >= 4 is 11.9 Å². The third-order valence-electron chi connectivity index (χ3n) is 3.79. The second-order valence-electron chi connectivity index (χ2n) is 5.19. The fraction of sp³-hybridized carbons (Fsp3) is 0.667. The average Bonchev–Trinajstić information content (AvgIpc) is 2.86. The minimum Gasteiger partial charge on any atom is -0.476 e. The van der Waals surface area contributed by atoms with Gasteiger partial charge in [0.2, 0.25) is 5.91 Å². The van der Waals surface area contributed by atoms with E-state index in [9.17, 15) is 9.59 Å². The second kappa shape index (κ2) is 6.00. The summed E-state index contributed by atoms with van der Waals surface area (Å²) in [6, 6.07) is 0.382. The lowest BCUT2D eigenvalue weighted by atomic mass is 9.93. The van der Waals surface area contributed by atoms with E-state index in [1.165, 1.54) is 10.9 Å². The van der Waals surface area contributed by atoms with Gasteiger partial charge >= 0.3 is 5.97 Å². The van der Waals surface area contributed by atoms with Crippen LogP contribution in [-0.4, -0.2) is 56.0 Å². The lowest BCUT2D eigenvalue weighted by Crippen LogP contribution is -2.46. The maximum absolute atomic E-state index is 11.3. The van der Waals surface area contributed by atoms with Crippen LogP contribution in [0.1, 0.15) is 30.3 Å². The van der Waals surface area contributed by atoms with E-state index in [1.54, 1.807) is 0 Å². The van der Waals surface area contributed by atoms with Gasteiger partial charge in [0, 0.05) is 19.1 Å². The van der Waals surface area contributed by atoms with Crippen LogP contribution in [0, 0.1) is 5.92 Å². The van der Waals surface area contributed by atoms with Crippen LogP contribution in [0.2, 0.25) is 0 Å². The van der Waals surface area contributed by atoms with Crippen molar-refractivity contribution in [3.8, 4) is 0 Å². The predicted octanol–water partition coefficient (Wildman–Crippen LogP) is -0.438. The molecule has 1 aliphatic rings. The van der Waals surface area contributed by atoms with Crippen LogP contribution in [0.25, 0.3) is 0 Å². The molecule has 110 valence electrons. The van der Waals surface area contributed by atoms with Gasteiger partial charge in [-0.2, -0.15) is 0 Å². The maximum Gasteiger partial charge on any atom is 0.358 e. The molecule has 1 amide bonds. The third-order valence-corrected chi connectivity index (χ3v) is 3.79. The Morgan fingerprint density at radius 3 is 2.80 bits per heavy atom. The molecule has 0 saturated carbocycles. The van der Waals surface area contributed by atoms with Crippen LogP contribution in [0.4, 0.5) is 0 Å². The largest absolute Gasteiger partial charge is 0.476 e. The van der Waals surface area contributed by atoms with Crippen LogP contribution in [0.15, 0.2) is 6.20 Å². The van der Waals surface area contributed by atoms with E-state index in [2.05, 4.69) is 22.1 Å². The number of aromatic carboxylic acids is 1. The first-order valence-corrected chi connectivity index (χ1v) is 6.64. The molecule has 0 spiro atoms. The minimum absolute atomic E-state index is 0.0632. The lowest BCUT2D eigenvalue weighted by Gasteiger charge is -2.36. The molecule has 2 heterocycles. The van der Waals surface area contributed by atoms with Crippen LogP contribution in [0.3, 0.4) is 0 Å². The van der Waals surface area contributed by atoms with Crippen molar-refractivity contribution in [2.24, 2.45) is 11.7 Å². The first-order valence-electron chi connectivity index (χ1n) is 6.64. The molecule has 0 radical (unpaired) electrons. The highest BCUT2D eigenvalue weighted by Gasteiger charge is 2.28. The Bertz CT molecular complexity index is 501. The van der Waals surface area contributed by atoms with Gasteiger partial charge in [-0.15, -0.1) is 5.10 Å². The molecule has 8 nitrogen and oxygen atoms in total. The number of nitrogens with zero attached hydrogens (tertiary/aromatic N) is 4. The van der Waals surface area contributed by atoms with Gasteiger partial charge in [0.25, 0.3) is 0 Å². The molecule has 0 bridgehead atoms. The normalized spacial score (nSPS) is 23.6. The molecule has 2 unspecified atom stereocenters. The van der Waals surface area contributed by atoms with E-state index in [4.69, 9.17) is 10.8 Å². The van der Waals surface area contributed by atoms with Gasteiger partial charge < -0.3 is 10.8 Å². The van der Waals surface area contributed by atoms with Gasteiger partial charge in [0.05, 0.1) is 18.7 Å². The summed E-state index contributed by atoms with van der Waals surface area (Å²) in [5.41, 5.74) is 5.30. The van der Waals surface area contributed by atoms with Crippen molar-refractivity contribution in [2.75, 3.05) is 13.1 Å². The molecular weight excluding hydrogens is 262 g/mol. The number of likely N-dealkylation sites (tertiary alicyclic amines) is 1. The van der Waals surface area contributed by atoms with E-state index < -0.39 is 5.97 Å². The quantitative estimate of drug-likeness (QED) is 0.756.